The molecule has 2 aliphatic rings. The molecule has 31 heavy (non-hydrogen) atoms. The minimum absolute atomic E-state index is 0.0130. The highest BCUT2D eigenvalue weighted by Gasteiger charge is 2.34. The molecule has 1 unspecified atom stereocenters. The van der Waals surface area contributed by atoms with Crippen molar-refractivity contribution in [3.8, 4) is 0 Å². The highest BCUT2D eigenvalue weighted by atomic mass is 19.1. The molecule has 166 valence electrons. The number of carbonyl (C=O) groups excluding carboxylic acids is 1. The van der Waals surface area contributed by atoms with Crippen LogP contribution in [-0.2, 0) is 15.1 Å². The lowest BCUT2D eigenvalue weighted by Gasteiger charge is -2.32. The minimum atomic E-state index is -0.782. The Kier molecular flexibility index (Phi) is 6.36. The van der Waals surface area contributed by atoms with E-state index in [2.05, 4.69) is 15.6 Å². The van der Waals surface area contributed by atoms with Crippen LogP contribution in [0.1, 0.15) is 48.9 Å². The van der Waals surface area contributed by atoms with Crippen LogP contribution in [0.4, 0.5) is 10.1 Å². The Morgan fingerprint density at radius 3 is 2.77 bits per heavy atom. The summed E-state index contributed by atoms with van der Waals surface area (Å²) in [6.07, 6.45) is 6.55. The molecule has 1 aromatic carbocycles. The molecular formula is C24H31FN4O2. The van der Waals surface area contributed by atoms with Crippen LogP contribution >= 0.6 is 0 Å². The molecule has 3 atom stereocenters. The Hall–Kier alpha value is -2.35. The lowest BCUT2D eigenvalue weighted by atomic mass is 9.79. The van der Waals surface area contributed by atoms with Gasteiger partial charge in [-0.25, -0.2) is 4.39 Å². The number of anilines is 1. The SMILES string of the molecule is CO[C@H]1CN[C@@H](C(=O)Nc2cc(C(N)(CCC3CC3)c3ccnc(C)c3)ccc2F)C1. The van der Waals surface area contributed by atoms with E-state index in [-0.39, 0.29) is 17.7 Å². The molecule has 1 aliphatic carbocycles. The van der Waals surface area contributed by atoms with E-state index < -0.39 is 17.4 Å². The first-order chi connectivity index (χ1) is 14.9. The molecule has 0 bridgehead atoms. The van der Waals surface area contributed by atoms with Gasteiger partial charge in [0, 0.05) is 25.5 Å². The third kappa shape index (κ3) is 4.95. The number of carbonyl (C=O) groups is 1. The maximum Gasteiger partial charge on any atom is 0.241 e. The van der Waals surface area contributed by atoms with E-state index in [0.717, 1.165) is 29.7 Å². The van der Waals surface area contributed by atoms with Crippen LogP contribution in [0.25, 0.3) is 0 Å². The molecule has 0 radical (unpaired) electrons. The summed E-state index contributed by atoms with van der Waals surface area (Å²) in [4.78, 5) is 17.0. The van der Waals surface area contributed by atoms with Gasteiger partial charge < -0.3 is 21.1 Å². The van der Waals surface area contributed by atoms with Crippen LogP contribution in [0.5, 0.6) is 0 Å². The van der Waals surface area contributed by atoms with Gasteiger partial charge in [-0.05, 0) is 67.5 Å². The van der Waals surface area contributed by atoms with Gasteiger partial charge in [0.2, 0.25) is 5.91 Å². The molecule has 4 rings (SSSR count). The molecule has 1 aliphatic heterocycles. The molecule has 1 saturated heterocycles. The number of aryl methyl sites for hydroxylation is 1. The molecule has 0 spiro atoms. The number of benzene rings is 1. The number of pyridine rings is 1. The first-order valence-electron chi connectivity index (χ1n) is 11.0. The second-order valence-corrected chi connectivity index (χ2v) is 8.88. The van der Waals surface area contributed by atoms with E-state index in [4.69, 9.17) is 10.5 Å². The van der Waals surface area contributed by atoms with Gasteiger partial charge in [-0.3, -0.25) is 9.78 Å². The zero-order chi connectivity index (χ0) is 22.0. The van der Waals surface area contributed by atoms with Gasteiger partial charge in [-0.2, -0.15) is 0 Å². The third-order valence-corrected chi connectivity index (χ3v) is 6.54. The van der Waals surface area contributed by atoms with Gasteiger partial charge in [-0.1, -0.05) is 18.9 Å². The monoisotopic (exact) mass is 426 g/mol. The second kappa shape index (κ2) is 9.02. The molecule has 1 saturated carbocycles. The van der Waals surface area contributed by atoms with Crippen molar-refractivity contribution in [1.82, 2.24) is 10.3 Å². The standard InChI is InChI=1S/C24H31FN4O2/c1-15-11-18(8-10-27-15)24(26,9-7-16-3-4-16)17-5-6-20(25)21(12-17)29-23(30)22-13-19(31-2)14-28-22/h5-6,8,10-12,16,19,22,28H,3-4,7,9,13-14,26H2,1-2H3,(H,29,30)/t19-,22-,24?/m1/s1. The van der Waals surface area contributed by atoms with E-state index >= 15 is 0 Å². The van der Waals surface area contributed by atoms with Gasteiger partial charge in [0.05, 0.1) is 23.4 Å². The number of hydrogen-bond acceptors (Lipinski definition) is 5. The number of ether oxygens (including phenoxy) is 1. The maximum atomic E-state index is 14.6. The lowest BCUT2D eigenvalue weighted by Crippen LogP contribution is -2.39. The van der Waals surface area contributed by atoms with E-state index in [9.17, 15) is 9.18 Å². The molecule has 6 nitrogen and oxygen atoms in total. The molecule has 4 N–H and O–H groups in total. The fraction of sp³-hybridized carbons (Fsp3) is 0.500. The number of nitrogens with two attached hydrogens (primary N) is 1. The molecular weight excluding hydrogens is 395 g/mol. The maximum absolute atomic E-state index is 14.6. The van der Waals surface area contributed by atoms with Crippen molar-refractivity contribution >= 4 is 11.6 Å². The lowest BCUT2D eigenvalue weighted by molar-refractivity contribution is -0.118. The predicted octanol–water partition coefficient (Wildman–Crippen LogP) is 3.24. The summed E-state index contributed by atoms with van der Waals surface area (Å²) in [5.74, 6) is -0.0301. The van der Waals surface area contributed by atoms with Crippen molar-refractivity contribution in [3.63, 3.8) is 0 Å². The number of hydrogen-bond donors (Lipinski definition) is 3. The van der Waals surface area contributed by atoms with Gasteiger partial charge in [0.1, 0.15) is 5.82 Å². The van der Waals surface area contributed by atoms with Crippen LogP contribution in [0.2, 0.25) is 0 Å². The molecule has 2 heterocycles. The fourth-order valence-corrected chi connectivity index (χ4v) is 4.32. The Morgan fingerprint density at radius 1 is 1.32 bits per heavy atom. The Balaban J connectivity index is 1.61. The summed E-state index contributed by atoms with van der Waals surface area (Å²) in [5.41, 5.74) is 8.99. The highest BCUT2D eigenvalue weighted by molar-refractivity contribution is 5.95. The van der Waals surface area contributed by atoms with Crippen LogP contribution in [-0.4, -0.2) is 36.7 Å². The van der Waals surface area contributed by atoms with Gasteiger partial charge in [0.15, 0.2) is 0 Å². The van der Waals surface area contributed by atoms with Crippen molar-refractivity contribution in [1.29, 1.82) is 0 Å². The summed E-state index contributed by atoms with van der Waals surface area (Å²) in [6.45, 7) is 2.54. The van der Waals surface area contributed by atoms with Crippen LogP contribution in [0.3, 0.4) is 0 Å². The first-order valence-corrected chi connectivity index (χ1v) is 11.0. The fourth-order valence-electron chi connectivity index (χ4n) is 4.32. The topological polar surface area (TPSA) is 89.3 Å². The number of halogens is 1. The zero-order valence-electron chi connectivity index (χ0n) is 18.2. The quantitative estimate of drug-likeness (QED) is 0.603. The summed E-state index contributed by atoms with van der Waals surface area (Å²) >= 11 is 0. The number of nitrogens with one attached hydrogen (secondary N) is 2. The zero-order valence-corrected chi connectivity index (χ0v) is 18.2. The van der Waals surface area contributed by atoms with E-state index in [1.807, 2.05) is 19.1 Å². The van der Waals surface area contributed by atoms with Gasteiger partial charge in [0.25, 0.3) is 0 Å². The van der Waals surface area contributed by atoms with Crippen LogP contribution in [0, 0.1) is 18.7 Å². The van der Waals surface area contributed by atoms with Gasteiger partial charge in [-0.15, -0.1) is 0 Å². The van der Waals surface area contributed by atoms with Crippen molar-refractivity contribution < 1.29 is 13.9 Å². The summed E-state index contributed by atoms with van der Waals surface area (Å²) in [5, 5.41) is 5.87. The van der Waals surface area contributed by atoms with E-state index in [1.54, 1.807) is 25.4 Å². The number of methoxy groups -OCH3 is 1. The normalized spacial score (nSPS) is 22.8. The summed E-state index contributed by atoms with van der Waals surface area (Å²) < 4.78 is 19.9. The minimum Gasteiger partial charge on any atom is -0.380 e. The summed E-state index contributed by atoms with van der Waals surface area (Å²) in [6, 6.07) is 8.29. The number of rotatable bonds is 8. The van der Waals surface area contributed by atoms with Crippen LogP contribution < -0.4 is 16.4 Å². The third-order valence-electron chi connectivity index (χ3n) is 6.54. The molecule has 2 fully saturated rings. The molecule has 1 amide bonds. The van der Waals surface area contributed by atoms with Crippen LogP contribution in [0.15, 0.2) is 36.5 Å². The van der Waals surface area contributed by atoms with Gasteiger partial charge >= 0.3 is 0 Å². The predicted molar refractivity (Wildman–Crippen MR) is 118 cm³/mol. The molecule has 7 heteroatoms. The highest BCUT2D eigenvalue weighted by Crippen LogP contribution is 2.40. The van der Waals surface area contributed by atoms with E-state index in [1.165, 1.54) is 18.9 Å². The molecule has 1 aromatic heterocycles. The second-order valence-electron chi connectivity index (χ2n) is 8.88. The van der Waals surface area contributed by atoms with E-state index in [0.29, 0.717) is 18.9 Å². The Bertz CT molecular complexity index is 949. The first kappa shape index (κ1) is 21.9. The largest absolute Gasteiger partial charge is 0.380 e. The van der Waals surface area contributed by atoms with Crippen molar-refractivity contribution in [2.75, 3.05) is 19.0 Å². The average molecular weight is 427 g/mol. The number of amides is 1. The molecule has 2 aromatic rings. The van der Waals surface area contributed by atoms with Crippen molar-refractivity contribution in [2.24, 2.45) is 11.7 Å². The Morgan fingerprint density at radius 2 is 2.10 bits per heavy atom. The van der Waals surface area contributed by atoms with Crippen molar-refractivity contribution in [3.05, 3.63) is 59.2 Å². The average Bonchev–Trinajstić information content (AvgIpc) is 3.47. The Labute approximate surface area is 182 Å². The summed E-state index contributed by atoms with van der Waals surface area (Å²) in [7, 11) is 1.62. The smallest absolute Gasteiger partial charge is 0.241 e. The number of nitrogens with zero attached hydrogens (tertiary/aromatic N) is 1. The number of aromatic nitrogens is 1. The van der Waals surface area contributed by atoms with Crippen molar-refractivity contribution in [2.45, 2.75) is 56.7 Å².